The molecule has 2 atom stereocenters. The van der Waals surface area contributed by atoms with Gasteiger partial charge in [-0.25, -0.2) is 0 Å². The minimum atomic E-state index is -0.775. The zero-order valence-corrected chi connectivity index (χ0v) is 21.1. The molecule has 0 heterocycles. The van der Waals surface area contributed by atoms with Crippen LogP contribution in [0.25, 0.3) is 0 Å². The highest BCUT2D eigenvalue weighted by Crippen LogP contribution is 2.44. The van der Waals surface area contributed by atoms with E-state index >= 15 is 0 Å². The Morgan fingerprint density at radius 2 is 1.74 bits per heavy atom. The second-order valence-electron chi connectivity index (χ2n) is 10.1. The molecule has 0 spiro atoms. The van der Waals surface area contributed by atoms with Crippen molar-refractivity contribution in [3.05, 3.63) is 29.8 Å². The molecule has 0 aliphatic heterocycles. The van der Waals surface area contributed by atoms with Crippen LogP contribution < -0.4 is 15.4 Å². The van der Waals surface area contributed by atoms with E-state index in [1.165, 1.54) is 0 Å². The second-order valence-corrected chi connectivity index (χ2v) is 10.1. The van der Waals surface area contributed by atoms with Crippen LogP contribution in [0.4, 0.5) is 0 Å². The molecular formula is C26H40N2O6. The van der Waals surface area contributed by atoms with Gasteiger partial charge >= 0.3 is 5.97 Å². The van der Waals surface area contributed by atoms with Crippen molar-refractivity contribution in [1.82, 2.24) is 10.6 Å². The third-order valence-corrected chi connectivity index (χ3v) is 6.36. The number of hydrogen-bond acceptors (Lipinski definition) is 6. The number of nitrogens with one attached hydrogen (secondary N) is 2. The van der Waals surface area contributed by atoms with Gasteiger partial charge in [-0.15, -0.1) is 0 Å². The first-order valence-corrected chi connectivity index (χ1v) is 12.0. The fourth-order valence-corrected chi connectivity index (χ4v) is 4.58. The minimum Gasteiger partial charge on any atom is -0.497 e. The molecule has 34 heavy (non-hydrogen) atoms. The summed E-state index contributed by atoms with van der Waals surface area (Å²) in [6.07, 6.45) is 3.86. The maximum atomic E-state index is 13.6. The minimum absolute atomic E-state index is 0.167. The number of rotatable bonds is 11. The van der Waals surface area contributed by atoms with E-state index in [1.807, 2.05) is 24.3 Å². The van der Waals surface area contributed by atoms with Crippen LogP contribution in [-0.4, -0.2) is 55.3 Å². The number of carbonyl (C=O) groups excluding carboxylic acids is 3. The normalized spacial score (nSPS) is 16.9. The fourth-order valence-electron chi connectivity index (χ4n) is 4.58. The zero-order valence-electron chi connectivity index (χ0n) is 21.1. The van der Waals surface area contributed by atoms with Crippen LogP contribution in [0.1, 0.15) is 64.9 Å². The molecule has 0 aromatic heterocycles. The lowest BCUT2D eigenvalue weighted by atomic mass is 9.75. The lowest BCUT2D eigenvalue weighted by Crippen LogP contribution is -2.52. The van der Waals surface area contributed by atoms with E-state index in [2.05, 4.69) is 10.6 Å². The first-order chi connectivity index (χ1) is 16.0. The first kappa shape index (κ1) is 27.6. The summed E-state index contributed by atoms with van der Waals surface area (Å²) >= 11 is 0. The lowest BCUT2D eigenvalue weighted by molar-refractivity contribution is -0.162. The molecule has 8 heteroatoms. The Morgan fingerprint density at radius 1 is 1.12 bits per heavy atom. The summed E-state index contributed by atoms with van der Waals surface area (Å²) in [7, 11) is 3.13. The van der Waals surface area contributed by atoms with Crippen molar-refractivity contribution in [1.29, 1.82) is 0 Å². The average Bonchev–Trinajstić information content (AvgIpc) is 3.27. The average molecular weight is 477 g/mol. The monoisotopic (exact) mass is 476 g/mol. The lowest BCUT2D eigenvalue weighted by Gasteiger charge is -2.33. The van der Waals surface area contributed by atoms with E-state index in [9.17, 15) is 19.5 Å². The second kappa shape index (κ2) is 12.2. The molecule has 1 fully saturated rings. The summed E-state index contributed by atoms with van der Waals surface area (Å²) in [6, 6.07) is 6.62. The van der Waals surface area contributed by atoms with Gasteiger partial charge < -0.3 is 25.2 Å². The fraction of sp³-hybridized carbons (Fsp3) is 0.654. The summed E-state index contributed by atoms with van der Waals surface area (Å²) in [6.45, 7) is 5.23. The molecule has 0 bridgehead atoms. The maximum Gasteiger partial charge on any atom is 0.309 e. The standard InChI is InChI=1S/C26H40N2O6/c1-25(2,3)34-23(31)19(12-15-29)17-26(13-6-7-14-26)24(32)28-21(22(30)27-4)16-18-8-10-20(33-5)11-9-18/h8-11,19,21,29H,6-7,12-17H2,1-5H3,(H,27,30)(H,28,32). The topological polar surface area (TPSA) is 114 Å². The number of ether oxygens (including phenoxy) is 2. The van der Waals surface area contributed by atoms with Gasteiger partial charge in [0.15, 0.2) is 0 Å². The third-order valence-electron chi connectivity index (χ3n) is 6.36. The van der Waals surface area contributed by atoms with Gasteiger partial charge in [0.1, 0.15) is 17.4 Å². The number of aliphatic hydroxyl groups is 1. The van der Waals surface area contributed by atoms with E-state index in [4.69, 9.17) is 9.47 Å². The molecule has 8 nitrogen and oxygen atoms in total. The molecule has 3 N–H and O–H groups in total. The van der Waals surface area contributed by atoms with Gasteiger partial charge in [0.05, 0.1) is 18.4 Å². The van der Waals surface area contributed by atoms with Crippen molar-refractivity contribution in [2.24, 2.45) is 11.3 Å². The highest BCUT2D eigenvalue weighted by molar-refractivity contribution is 5.90. The molecule has 1 aromatic rings. The number of benzene rings is 1. The van der Waals surface area contributed by atoms with Crippen molar-refractivity contribution in [3.8, 4) is 5.75 Å². The van der Waals surface area contributed by atoms with Gasteiger partial charge in [-0.1, -0.05) is 25.0 Å². The Labute approximate surface area is 202 Å². The van der Waals surface area contributed by atoms with Crippen molar-refractivity contribution in [2.45, 2.75) is 77.4 Å². The van der Waals surface area contributed by atoms with Crippen LogP contribution in [0.2, 0.25) is 0 Å². The van der Waals surface area contributed by atoms with Gasteiger partial charge in [-0.2, -0.15) is 0 Å². The molecule has 190 valence electrons. The molecule has 1 aromatic carbocycles. The van der Waals surface area contributed by atoms with E-state index in [1.54, 1.807) is 34.9 Å². The van der Waals surface area contributed by atoms with Gasteiger partial charge in [0, 0.05) is 20.1 Å². The quantitative estimate of drug-likeness (QED) is 0.423. The number of carbonyl (C=O) groups is 3. The summed E-state index contributed by atoms with van der Waals surface area (Å²) < 4.78 is 10.8. The van der Waals surface area contributed by atoms with Crippen molar-refractivity contribution < 1.29 is 29.0 Å². The van der Waals surface area contributed by atoms with Crippen molar-refractivity contribution >= 4 is 17.8 Å². The Balaban J connectivity index is 2.21. The van der Waals surface area contributed by atoms with Gasteiger partial charge in [-0.05, 0) is 64.2 Å². The number of esters is 1. The predicted octanol–water partition coefficient (Wildman–Crippen LogP) is 2.76. The van der Waals surface area contributed by atoms with Gasteiger partial charge in [0.25, 0.3) is 0 Å². The third kappa shape index (κ3) is 7.72. The molecule has 1 saturated carbocycles. The predicted molar refractivity (Wildman–Crippen MR) is 129 cm³/mol. The summed E-state index contributed by atoms with van der Waals surface area (Å²) in [5.41, 5.74) is -0.538. The van der Waals surface area contributed by atoms with Gasteiger partial charge in [0.2, 0.25) is 11.8 Å². The van der Waals surface area contributed by atoms with Crippen molar-refractivity contribution in [3.63, 3.8) is 0 Å². The molecule has 1 aliphatic carbocycles. The molecule has 2 amide bonds. The van der Waals surface area contributed by atoms with E-state index in [0.29, 0.717) is 25.0 Å². The van der Waals surface area contributed by atoms with E-state index in [0.717, 1.165) is 18.4 Å². The Hall–Kier alpha value is -2.61. The number of hydrogen-bond donors (Lipinski definition) is 3. The van der Waals surface area contributed by atoms with Crippen molar-refractivity contribution in [2.75, 3.05) is 20.8 Å². The summed E-state index contributed by atoms with van der Waals surface area (Å²) in [5, 5.41) is 15.2. The van der Waals surface area contributed by atoms with Crippen LogP contribution in [0.15, 0.2) is 24.3 Å². The van der Waals surface area contributed by atoms with Crippen LogP contribution >= 0.6 is 0 Å². The maximum absolute atomic E-state index is 13.6. The van der Waals surface area contributed by atoms with Gasteiger partial charge in [-0.3, -0.25) is 14.4 Å². The molecule has 2 unspecified atom stereocenters. The Morgan fingerprint density at radius 3 is 2.24 bits per heavy atom. The Kier molecular flexibility index (Phi) is 9.91. The Bertz CT molecular complexity index is 825. The molecule has 0 saturated heterocycles. The van der Waals surface area contributed by atoms with Crippen LogP contribution in [0.3, 0.4) is 0 Å². The first-order valence-electron chi connectivity index (χ1n) is 12.0. The number of aliphatic hydroxyl groups excluding tert-OH is 1. The summed E-state index contributed by atoms with van der Waals surface area (Å²) in [4.78, 5) is 39.1. The highest BCUT2D eigenvalue weighted by Gasteiger charge is 2.45. The van der Waals surface area contributed by atoms with E-state index < -0.39 is 28.9 Å². The molecular weight excluding hydrogens is 436 g/mol. The largest absolute Gasteiger partial charge is 0.497 e. The van der Waals surface area contributed by atoms with Crippen LogP contribution in [0.5, 0.6) is 5.75 Å². The summed E-state index contributed by atoms with van der Waals surface area (Å²) in [5.74, 6) is -0.781. The van der Waals surface area contributed by atoms with Crippen LogP contribution in [-0.2, 0) is 25.5 Å². The highest BCUT2D eigenvalue weighted by atomic mass is 16.6. The molecule has 0 radical (unpaired) electrons. The number of methoxy groups -OCH3 is 1. The SMILES string of the molecule is CNC(=O)C(Cc1ccc(OC)cc1)NC(=O)C1(CC(CCO)C(=O)OC(C)(C)C)CCCC1. The zero-order chi connectivity index (χ0) is 25.4. The number of likely N-dealkylation sites (N-methyl/N-ethyl adjacent to an activating group) is 1. The number of amides is 2. The molecule has 2 rings (SSSR count). The van der Waals surface area contributed by atoms with E-state index in [-0.39, 0.29) is 31.3 Å². The smallest absolute Gasteiger partial charge is 0.309 e. The van der Waals surface area contributed by atoms with Crippen LogP contribution in [0, 0.1) is 11.3 Å². The molecule has 1 aliphatic rings.